The number of aromatic nitrogens is 3. The number of benzene rings is 1. The van der Waals surface area contributed by atoms with Crippen LogP contribution in [0.25, 0.3) is 0 Å². The lowest BCUT2D eigenvalue weighted by molar-refractivity contribution is -0.893. The van der Waals surface area contributed by atoms with Crippen molar-refractivity contribution in [3.8, 4) is 0 Å². The zero-order valence-corrected chi connectivity index (χ0v) is 18.4. The molecule has 3 amide bonds. The van der Waals surface area contributed by atoms with Gasteiger partial charge in [-0.05, 0) is 12.0 Å². The minimum Gasteiger partial charge on any atom is -0.338 e. The van der Waals surface area contributed by atoms with E-state index in [4.69, 9.17) is 0 Å². The van der Waals surface area contributed by atoms with E-state index in [2.05, 4.69) is 58.5 Å². The molecule has 0 fully saturated rings. The van der Waals surface area contributed by atoms with E-state index in [9.17, 15) is 9.59 Å². The highest BCUT2D eigenvalue weighted by molar-refractivity contribution is 7.99. The van der Waals surface area contributed by atoms with Gasteiger partial charge in [-0.15, -0.1) is 10.2 Å². The van der Waals surface area contributed by atoms with Crippen molar-refractivity contribution in [2.24, 2.45) is 0 Å². The topological polar surface area (TPSA) is 93.3 Å². The van der Waals surface area contributed by atoms with Crippen LogP contribution in [0, 0.1) is 0 Å². The second-order valence-electron chi connectivity index (χ2n) is 7.04. The van der Waals surface area contributed by atoms with E-state index in [0.717, 1.165) is 24.2 Å². The number of nitrogens with one attached hydrogen (secondary N) is 3. The van der Waals surface area contributed by atoms with Crippen molar-refractivity contribution in [3.63, 3.8) is 0 Å². The fourth-order valence-corrected chi connectivity index (χ4v) is 3.75. The fraction of sp³-hybridized carbons (Fsp3) is 0.500. The summed E-state index contributed by atoms with van der Waals surface area (Å²) in [4.78, 5) is 25.0. The summed E-state index contributed by atoms with van der Waals surface area (Å²) in [5, 5.41) is 14.4. The molecule has 0 saturated heterocycles. The van der Waals surface area contributed by atoms with Gasteiger partial charge in [0.2, 0.25) is 5.91 Å². The molecule has 0 aliphatic heterocycles. The Morgan fingerprint density at radius 2 is 1.90 bits per heavy atom. The molecule has 0 saturated carbocycles. The minimum absolute atomic E-state index is 0.0953. The van der Waals surface area contributed by atoms with E-state index in [1.807, 2.05) is 25.1 Å². The van der Waals surface area contributed by atoms with Crippen molar-refractivity contribution in [3.05, 3.63) is 41.7 Å². The minimum atomic E-state index is -0.467. The van der Waals surface area contributed by atoms with Gasteiger partial charge in [0, 0.05) is 13.0 Å². The maximum atomic E-state index is 12.1. The van der Waals surface area contributed by atoms with Crippen molar-refractivity contribution in [1.82, 2.24) is 25.4 Å². The first-order valence-corrected chi connectivity index (χ1v) is 10.9. The Bertz CT molecular complexity index is 794. The van der Waals surface area contributed by atoms with Crippen LogP contribution in [0.5, 0.6) is 0 Å². The number of hydrogen-bond acceptors (Lipinski definition) is 5. The van der Waals surface area contributed by atoms with Crippen molar-refractivity contribution < 1.29 is 14.5 Å². The molecule has 3 N–H and O–H groups in total. The molecule has 8 nitrogen and oxygen atoms in total. The summed E-state index contributed by atoms with van der Waals surface area (Å²) in [6.45, 7) is 5.25. The predicted octanol–water partition coefficient (Wildman–Crippen LogP) is 1.25. The number of nitrogens with zero attached hydrogens (tertiary/aromatic N) is 3. The van der Waals surface area contributed by atoms with Gasteiger partial charge in [0.05, 0.1) is 26.4 Å². The van der Waals surface area contributed by atoms with E-state index in [-0.39, 0.29) is 17.7 Å². The summed E-state index contributed by atoms with van der Waals surface area (Å²) >= 11 is 1.29. The molecule has 0 unspecified atom stereocenters. The number of hydrogen-bond donors (Lipinski definition) is 3. The Morgan fingerprint density at radius 3 is 2.52 bits per heavy atom. The van der Waals surface area contributed by atoms with Crippen LogP contribution in [0.15, 0.2) is 35.5 Å². The molecule has 0 spiro atoms. The van der Waals surface area contributed by atoms with Crippen LogP contribution in [0.4, 0.5) is 4.79 Å². The summed E-state index contributed by atoms with van der Waals surface area (Å²) in [5.74, 6) is 0.641. The third-order valence-corrected chi connectivity index (χ3v) is 5.43. The lowest BCUT2D eigenvalue weighted by Gasteiger charge is -2.20. The summed E-state index contributed by atoms with van der Waals surface area (Å²) < 4.78 is 2.08. The molecule has 0 aliphatic rings. The first kappa shape index (κ1) is 22.9. The molecule has 0 radical (unpaired) electrons. The number of carbonyl (C=O) groups is 2. The molecular weight excluding hydrogens is 388 g/mol. The van der Waals surface area contributed by atoms with Gasteiger partial charge in [-0.25, -0.2) is 4.79 Å². The summed E-state index contributed by atoms with van der Waals surface area (Å²) in [5.41, 5.74) is 1.14. The third-order valence-electron chi connectivity index (χ3n) is 4.47. The maximum Gasteiger partial charge on any atom is 0.321 e. The highest BCUT2D eigenvalue weighted by atomic mass is 32.2. The number of carbonyl (C=O) groups excluding carboxylic acids is 2. The predicted molar refractivity (Wildman–Crippen MR) is 114 cm³/mol. The maximum absolute atomic E-state index is 12.1. The van der Waals surface area contributed by atoms with Crippen LogP contribution in [0.1, 0.15) is 44.1 Å². The zero-order valence-electron chi connectivity index (χ0n) is 17.6. The van der Waals surface area contributed by atoms with E-state index in [1.165, 1.54) is 16.7 Å². The molecule has 2 aromatic rings. The first-order chi connectivity index (χ1) is 14.0. The number of thioether (sulfide) groups is 1. The van der Waals surface area contributed by atoms with Crippen molar-refractivity contribution in [2.45, 2.75) is 44.4 Å². The molecule has 0 bridgehead atoms. The van der Waals surface area contributed by atoms with Crippen LogP contribution in [0.2, 0.25) is 0 Å². The molecule has 0 aliphatic carbocycles. The average molecular weight is 420 g/mol. The summed E-state index contributed by atoms with van der Waals surface area (Å²) in [7, 11) is 4.20. The van der Waals surface area contributed by atoms with Crippen molar-refractivity contribution >= 4 is 23.7 Å². The van der Waals surface area contributed by atoms with E-state index < -0.39 is 6.03 Å². The number of amides is 3. The highest BCUT2D eigenvalue weighted by Crippen LogP contribution is 2.22. The van der Waals surface area contributed by atoms with Gasteiger partial charge in [0.25, 0.3) is 0 Å². The van der Waals surface area contributed by atoms with E-state index >= 15 is 0 Å². The zero-order chi connectivity index (χ0) is 21.2. The van der Waals surface area contributed by atoms with Crippen molar-refractivity contribution in [2.75, 3.05) is 26.4 Å². The van der Waals surface area contributed by atoms with Gasteiger partial charge in [-0.3, -0.25) is 14.7 Å². The van der Waals surface area contributed by atoms with Crippen LogP contribution in [-0.4, -0.2) is 53.1 Å². The van der Waals surface area contributed by atoms with Crippen LogP contribution in [-0.2, 0) is 11.3 Å². The largest absolute Gasteiger partial charge is 0.338 e. The van der Waals surface area contributed by atoms with Crippen LogP contribution in [0.3, 0.4) is 0 Å². The lowest BCUT2D eigenvalue weighted by Crippen LogP contribution is -3.06. The molecule has 1 aromatic carbocycles. The van der Waals surface area contributed by atoms with Gasteiger partial charge >= 0.3 is 6.03 Å². The summed E-state index contributed by atoms with van der Waals surface area (Å²) in [6.07, 6.45) is 1.74. The van der Waals surface area contributed by atoms with Gasteiger partial charge in [-0.2, -0.15) is 0 Å². The van der Waals surface area contributed by atoms with Gasteiger partial charge in [-0.1, -0.05) is 55.9 Å². The monoisotopic (exact) mass is 419 g/mol. The first-order valence-electron chi connectivity index (χ1n) is 9.93. The highest BCUT2D eigenvalue weighted by Gasteiger charge is 2.25. The normalized spacial score (nSPS) is 12.0. The molecular formula is C20H31N6O2S+. The molecule has 1 heterocycles. The Morgan fingerprint density at radius 1 is 1.17 bits per heavy atom. The molecule has 1 aromatic heterocycles. The van der Waals surface area contributed by atoms with Gasteiger partial charge in [0.15, 0.2) is 11.0 Å². The number of rotatable bonds is 10. The van der Waals surface area contributed by atoms with E-state index in [0.29, 0.717) is 18.2 Å². The third kappa shape index (κ3) is 6.86. The Labute approximate surface area is 176 Å². The molecule has 158 valence electrons. The Kier molecular flexibility index (Phi) is 9.14. The average Bonchev–Trinajstić information content (AvgIpc) is 3.08. The molecule has 9 heteroatoms. The fourth-order valence-electron chi connectivity index (χ4n) is 3.00. The van der Waals surface area contributed by atoms with Gasteiger partial charge in [0.1, 0.15) is 6.04 Å². The Balaban J connectivity index is 2.15. The number of quaternary nitrogens is 1. The Hall–Kier alpha value is -2.39. The second-order valence-corrected chi connectivity index (χ2v) is 7.99. The smallest absolute Gasteiger partial charge is 0.321 e. The van der Waals surface area contributed by atoms with Crippen molar-refractivity contribution in [1.29, 1.82) is 0 Å². The summed E-state index contributed by atoms with van der Waals surface area (Å²) in [6, 6.07) is 9.85. The quantitative estimate of drug-likeness (QED) is 0.504. The van der Waals surface area contributed by atoms with Crippen LogP contribution < -0.4 is 15.5 Å². The molecule has 29 heavy (non-hydrogen) atoms. The van der Waals surface area contributed by atoms with Crippen LogP contribution >= 0.6 is 11.8 Å². The molecule has 2 rings (SSSR count). The molecule has 1 atom stereocenters. The lowest BCUT2D eigenvalue weighted by atomic mass is 10.2. The SMILES string of the molecule is CCCNC(=O)NC(=O)CSc1nnc([C@@H](CC)[NH+](C)C)n1Cc1ccccc1. The number of urea groups is 1. The van der Waals surface area contributed by atoms with E-state index in [1.54, 1.807) is 0 Å². The second kappa shape index (κ2) is 11.6. The number of imide groups is 1. The van der Waals surface area contributed by atoms with Gasteiger partial charge < -0.3 is 10.2 Å². The standard InChI is InChI=1S/C20H30N6O2S/c1-5-12-21-19(28)22-17(27)14-29-20-24-23-18(16(6-2)25(3)4)26(20)13-15-10-8-7-9-11-15/h7-11,16H,5-6,12-14H2,1-4H3,(H2,21,22,27,28)/p+1/t16-/m1/s1.